The molecular weight excluding hydrogens is 302 g/mol. The molecule has 126 valence electrons. The van der Waals surface area contributed by atoms with Crippen LogP contribution in [0.4, 0.5) is 5.69 Å². The zero-order valence-corrected chi connectivity index (χ0v) is 14.3. The summed E-state index contributed by atoms with van der Waals surface area (Å²) in [4.78, 5) is 28.2. The van der Waals surface area contributed by atoms with E-state index in [0.717, 1.165) is 11.3 Å². The van der Waals surface area contributed by atoms with Crippen LogP contribution in [0.25, 0.3) is 0 Å². The number of pyridine rings is 1. The third-order valence-electron chi connectivity index (χ3n) is 3.58. The van der Waals surface area contributed by atoms with Gasteiger partial charge in [-0.3, -0.25) is 14.6 Å². The molecule has 5 nitrogen and oxygen atoms in total. The zero-order chi connectivity index (χ0) is 17.6. The van der Waals surface area contributed by atoms with Gasteiger partial charge in [-0.15, -0.1) is 0 Å². The van der Waals surface area contributed by atoms with Crippen molar-refractivity contribution >= 4 is 17.5 Å². The molecule has 2 rings (SSSR count). The standard InChI is InChI=1S/C19H23N3O2/c1-19(2,3)15-9-4-5-10-16(15)22-18(24)17(23)21-13-11-14-8-6-7-12-20-14/h4-10,12H,11,13H2,1-3H3,(H,21,23)(H,22,24). The quantitative estimate of drug-likeness (QED) is 0.849. The number of nitrogens with one attached hydrogen (secondary N) is 2. The minimum Gasteiger partial charge on any atom is -0.347 e. The van der Waals surface area contributed by atoms with Crippen molar-refractivity contribution in [1.82, 2.24) is 10.3 Å². The Kier molecular flexibility index (Phi) is 5.68. The molecule has 0 unspecified atom stereocenters. The van der Waals surface area contributed by atoms with Gasteiger partial charge in [-0.25, -0.2) is 0 Å². The SMILES string of the molecule is CC(C)(C)c1ccccc1NC(=O)C(=O)NCCc1ccccn1. The minimum absolute atomic E-state index is 0.126. The summed E-state index contributed by atoms with van der Waals surface area (Å²) in [5.41, 5.74) is 2.39. The van der Waals surface area contributed by atoms with Crippen LogP contribution in [0.15, 0.2) is 48.7 Å². The third kappa shape index (κ3) is 4.91. The second-order valence-corrected chi connectivity index (χ2v) is 6.58. The number of hydrogen-bond donors (Lipinski definition) is 2. The first-order chi connectivity index (χ1) is 11.4. The summed E-state index contributed by atoms with van der Waals surface area (Å²) in [6.07, 6.45) is 2.28. The van der Waals surface area contributed by atoms with Gasteiger partial charge in [0.05, 0.1) is 0 Å². The predicted octanol–water partition coefficient (Wildman–Crippen LogP) is 2.68. The first-order valence-corrected chi connectivity index (χ1v) is 7.96. The Morgan fingerprint density at radius 2 is 1.71 bits per heavy atom. The molecular formula is C19H23N3O2. The lowest BCUT2D eigenvalue weighted by Gasteiger charge is -2.22. The molecule has 2 N–H and O–H groups in total. The lowest BCUT2D eigenvalue weighted by molar-refractivity contribution is -0.136. The maximum absolute atomic E-state index is 12.1. The highest BCUT2D eigenvalue weighted by atomic mass is 16.2. The second-order valence-electron chi connectivity index (χ2n) is 6.58. The molecule has 0 aliphatic carbocycles. The molecule has 1 aromatic heterocycles. The van der Waals surface area contributed by atoms with E-state index in [9.17, 15) is 9.59 Å². The maximum atomic E-state index is 12.1. The van der Waals surface area contributed by atoms with Crippen molar-refractivity contribution in [2.24, 2.45) is 0 Å². The van der Waals surface area contributed by atoms with Crippen molar-refractivity contribution in [3.8, 4) is 0 Å². The van der Waals surface area contributed by atoms with Crippen LogP contribution < -0.4 is 10.6 Å². The number of hydrogen-bond acceptors (Lipinski definition) is 3. The minimum atomic E-state index is -0.660. The Hall–Kier alpha value is -2.69. The molecule has 1 aromatic carbocycles. The Balaban J connectivity index is 1.92. The van der Waals surface area contributed by atoms with Crippen molar-refractivity contribution in [2.75, 3.05) is 11.9 Å². The van der Waals surface area contributed by atoms with Crippen LogP contribution in [0.2, 0.25) is 0 Å². The Morgan fingerprint density at radius 3 is 2.38 bits per heavy atom. The summed E-state index contributed by atoms with van der Waals surface area (Å²) in [5, 5.41) is 5.32. The molecule has 1 heterocycles. The van der Waals surface area contributed by atoms with Gasteiger partial charge < -0.3 is 10.6 Å². The van der Waals surface area contributed by atoms with Gasteiger partial charge in [0.25, 0.3) is 0 Å². The number of aromatic nitrogens is 1. The molecule has 0 bridgehead atoms. The number of amides is 2. The fourth-order valence-electron chi connectivity index (χ4n) is 2.36. The zero-order valence-electron chi connectivity index (χ0n) is 14.3. The van der Waals surface area contributed by atoms with Crippen LogP contribution in [0, 0.1) is 0 Å². The first kappa shape index (κ1) is 17.7. The predicted molar refractivity (Wildman–Crippen MR) is 94.7 cm³/mol. The molecule has 24 heavy (non-hydrogen) atoms. The largest absolute Gasteiger partial charge is 0.347 e. The van der Waals surface area contributed by atoms with Gasteiger partial charge in [0.1, 0.15) is 0 Å². The molecule has 0 fully saturated rings. The number of benzene rings is 1. The molecule has 0 radical (unpaired) electrons. The van der Waals surface area contributed by atoms with E-state index in [4.69, 9.17) is 0 Å². The van der Waals surface area contributed by atoms with Gasteiger partial charge >= 0.3 is 11.8 Å². The fourth-order valence-corrected chi connectivity index (χ4v) is 2.36. The Morgan fingerprint density at radius 1 is 1.00 bits per heavy atom. The Labute approximate surface area is 142 Å². The number of carbonyl (C=O) groups is 2. The van der Waals surface area contributed by atoms with Crippen LogP contribution in [0.3, 0.4) is 0 Å². The monoisotopic (exact) mass is 325 g/mol. The second kappa shape index (κ2) is 7.73. The van der Waals surface area contributed by atoms with Gasteiger partial charge in [-0.05, 0) is 29.2 Å². The number of rotatable bonds is 4. The lowest BCUT2D eigenvalue weighted by atomic mass is 9.86. The van der Waals surface area contributed by atoms with Gasteiger partial charge in [0.15, 0.2) is 0 Å². The van der Waals surface area contributed by atoms with Crippen molar-refractivity contribution in [1.29, 1.82) is 0 Å². The van der Waals surface area contributed by atoms with E-state index in [0.29, 0.717) is 18.7 Å². The summed E-state index contributed by atoms with van der Waals surface area (Å²) in [6.45, 7) is 6.55. The highest BCUT2D eigenvalue weighted by molar-refractivity contribution is 6.39. The smallest absolute Gasteiger partial charge is 0.313 e. The van der Waals surface area contributed by atoms with Crippen LogP contribution in [0.1, 0.15) is 32.0 Å². The Bertz CT molecular complexity index is 706. The average molecular weight is 325 g/mol. The average Bonchev–Trinajstić information content (AvgIpc) is 2.55. The van der Waals surface area contributed by atoms with Gasteiger partial charge in [-0.1, -0.05) is 45.0 Å². The normalized spacial score (nSPS) is 11.0. The molecule has 2 aromatic rings. The van der Waals surface area contributed by atoms with E-state index in [1.807, 2.05) is 36.4 Å². The highest BCUT2D eigenvalue weighted by Crippen LogP contribution is 2.29. The topological polar surface area (TPSA) is 71.1 Å². The molecule has 5 heteroatoms. The molecule has 0 saturated heterocycles. The first-order valence-electron chi connectivity index (χ1n) is 7.96. The van der Waals surface area contributed by atoms with E-state index in [-0.39, 0.29) is 5.41 Å². The molecule has 0 aliphatic heterocycles. The van der Waals surface area contributed by atoms with Crippen molar-refractivity contribution in [3.63, 3.8) is 0 Å². The van der Waals surface area contributed by atoms with Crippen LogP contribution >= 0.6 is 0 Å². The van der Waals surface area contributed by atoms with E-state index < -0.39 is 11.8 Å². The van der Waals surface area contributed by atoms with Crippen molar-refractivity contribution < 1.29 is 9.59 Å². The van der Waals surface area contributed by atoms with Crippen LogP contribution in [-0.2, 0) is 21.4 Å². The van der Waals surface area contributed by atoms with E-state index >= 15 is 0 Å². The van der Waals surface area contributed by atoms with E-state index in [1.54, 1.807) is 12.3 Å². The van der Waals surface area contributed by atoms with Gasteiger partial charge in [0, 0.05) is 30.5 Å². The third-order valence-corrected chi connectivity index (χ3v) is 3.58. The molecule has 2 amide bonds. The summed E-state index contributed by atoms with van der Waals surface area (Å²) >= 11 is 0. The van der Waals surface area contributed by atoms with Crippen molar-refractivity contribution in [2.45, 2.75) is 32.6 Å². The molecule has 0 atom stereocenters. The summed E-state index contributed by atoms with van der Waals surface area (Å²) in [6, 6.07) is 13.1. The van der Waals surface area contributed by atoms with E-state index in [1.165, 1.54) is 0 Å². The molecule has 0 aliphatic rings. The lowest BCUT2D eigenvalue weighted by Crippen LogP contribution is -2.37. The number of para-hydroxylation sites is 1. The van der Waals surface area contributed by atoms with Crippen molar-refractivity contribution in [3.05, 3.63) is 59.9 Å². The van der Waals surface area contributed by atoms with Crippen LogP contribution in [0.5, 0.6) is 0 Å². The van der Waals surface area contributed by atoms with Gasteiger partial charge in [-0.2, -0.15) is 0 Å². The molecule has 0 saturated carbocycles. The fraction of sp³-hybridized carbons (Fsp3) is 0.316. The van der Waals surface area contributed by atoms with Crippen LogP contribution in [-0.4, -0.2) is 23.3 Å². The summed E-state index contributed by atoms with van der Waals surface area (Å²) in [7, 11) is 0. The number of carbonyl (C=O) groups excluding carboxylic acids is 2. The maximum Gasteiger partial charge on any atom is 0.313 e. The number of anilines is 1. The summed E-state index contributed by atoms with van der Waals surface area (Å²) in [5.74, 6) is -1.30. The number of nitrogens with zero attached hydrogens (tertiary/aromatic N) is 1. The van der Waals surface area contributed by atoms with Gasteiger partial charge in [0.2, 0.25) is 0 Å². The highest BCUT2D eigenvalue weighted by Gasteiger charge is 2.20. The molecule has 0 spiro atoms. The summed E-state index contributed by atoms with van der Waals surface area (Å²) < 4.78 is 0. The van der Waals surface area contributed by atoms with E-state index in [2.05, 4.69) is 36.4 Å².